The van der Waals surface area contributed by atoms with Crippen LogP contribution in [0.2, 0.25) is 0 Å². The average molecular weight is 273 g/mol. The maximum absolute atomic E-state index is 12.8. The minimum Gasteiger partial charge on any atom is -0.497 e. The van der Waals surface area contributed by atoms with E-state index in [1.165, 1.54) is 12.1 Å². The largest absolute Gasteiger partial charge is 0.497 e. The van der Waals surface area contributed by atoms with E-state index < -0.39 is 0 Å². The molecule has 0 radical (unpaired) electrons. The summed E-state index contributed by atoms with van der Waals surface area (Å²) < 4.78 is 17.9. The van der Waals surface area contributed by atoms with Gasteiger partial charge >= 0.3 is 0 Å². The third kappa shape index (κ3) is 4.09. The van der Waals surface area contributed by atoms with Crippen molar-refractivity contribution in [1.82, 2.24) is 5.32 Å². The molecule has 0 bridgehead atoms. The number of ether oxygens (including phenoxy) is 1. The molecule has 0 aromatic heterocycles. The van der Waals surface area contributed by atoms with Crippen LogP contribution in [0.4, 0.5) is 4.39 Å². The summed E-state index contributed by atoms with van der Waals surface area (Å²) in [5, 5.41) is 2.83. The van der Waals surface area contributed by atoms with Crippen molar-refractivity contribution >= 4 is 5.91 Å². The first-order valence-electron chi connectivity index (χ1n) is 6.31. The number of hydrogen-bond donors (Lipinski definition) is 1. The lowest BCUT2D eigenvalue weighted by Crippen LogP contribution is -2.24. The fourth-order valence-electron chi connectivity index (χ4n) is 1.83. The summed E-state index contributed by atoms with van der Waals surface area (Å²) in [6.07, 6.45) is 0.240. The van der Waals surface area contributed by atoms with E-state index >= 15 is 0 Å². The number of hydrogen-bond acceptors (Lipinski definition) is 2. The van der Waals surface area contributed by atoms with Gasteiger partial charge in [-0.1, -0.05) is 24.3 Å². The SMILES string of the molecule is COc1cccc(CNC(=O)Cc2ccc(F)cc2)c1. The fraction of sp³-hybridized carbons (Fsp3) is 0.188. The van der Waals surface area contributed by atoms with Gasteiger partial charge in [-0.15, -0.1) is 0 Å². The van der Waals surface area contributed by atoms with Gasteiger partial charge in [0.05, 0.1) is 13.5 Å². The lowest BCUT2D eigenvalue weighted by atomic mass is 10.1. The van der Waals surface area contributed by atoms with Crippen molar-refractivity contribution in [2.24, 2.45) is 0 Å². The van der Waals surface area contributed by atoms with Crippen molar-refractivity contribution in [3.8, 4) is 5.75 Å². The Hall–Kier alpha value is -2.36. The molecule has 3 nitrogen and oxygen atoms in total. The van der Waals surface area contributed by atoms with Crippen LogP contribution in [0.3, 0.4) is 0 Å². The molecule has 2 aromatic carbocycles. The lowest BCUT2D eigenvalue weighted by molar-refractivity contribution is -0.120. The molecule has 20 heavy (non-hydrogen) atoms. The summed E-state index contributed by atoms with van der Waals surface area (Å²) in [4.78, 5) is 11.8. The van der Waals surface area contributed by atoms with Crippen LogP contribution in [0.5, 0.6) is 5.75 Å². The highest BCUT2D eigenvalue weighted by Crippen LogP contribution is 2.12. The highest BCUT2D eigenvalue weighted by atomic mass is 19.1. The Morgan fingerprint density at radius 2 is 1.90 bits per heavy atom. The summed E-state index contributed by atoms with van der Waals surface area (Å²) in [5.74, 6) is 0.361. The van der Waals surface area contributed by atoms with Crippen LogP contribution in [0, 0.1) is 5.82 Å². The highest BCUT2D eigenvalue weighted by Gasteiger charge is 2.04. The van der Waals surface area contributed by atoms with Gasteiger partial charge in [0, 0.05) is 6.54 Å². The molecule has 4 heteroatoms. The summed E-state index contributed by atoms with van der Waals surface area (Å²) in [6, 6.07) is 13.4. The summed E-state index contributed by atoms with van der Waals surface area (Å²) >= 11 is 0. The predicted molar refractivity (Wildman–Crippen MR) is 74.9 cm³/mol. The number of methoxy groups -OCH3 is 1. The van der Waals surface area contributed by atoms with Crippen molar-refractivity contribution in [3.63, 3.8) is 0 Å². The summed E-state index contributed by atoms with van der Waals surface area (Å²) in [5.41, 5.74) is 1.76. The first-order chi connectivity index (χ1) is 9.67. The van der Waals surface area contributed by atoms with Crippen molar-refractivity contribution in [3.05, 3.63) is 65.5 Å². The molecule has 0 heterocycles. The van der Waals surface area contributed by atoms with E-state index in [1.54, 1.807) is 19.2 Å². The molecule has 0 aliphatic rings. The molecule has 104 valence electrons. The van der Waals surface area contributed by atoms with Crippen molar-refractivity contribution in [2.75, 3.05) is 7.11 Å². The van der Waals surface area contributed by atoms with Gasteiger partial charge in [0.1, 0.15) is 11.6 Å². The van der Waals surface area contributed by atoms with Crippen LogP contribution in [0.1, 0.15) is 11.1 Å². The van der Waals surface area contributed by atoms with Gasteiger partial charge in [-0.05, 0) is 35.4 Å². The van der Waals surface area contributed by atoms with Gasteiger partial charge < -0.3 is 10.1 Å². The Morgan fingerprint density at radius 3 is 2.60 bits per heavy atom. The van der Waals surface area contributed by atoms with E-state index in [9.17, 15) is 9.18 Å². The van der Waals surface area contributed by atoms with Crippen LogP contribution in [-0.2, 0) is 17.8 Å². The molecule has 0 saturated heterocycles. The topological polar surface area (TPSA) is 38.3 Å². The molecular weight excluding hydrogens is 257 g/mol. The smallest absolute Gasteiger partial charge is 0.224 e. The third-order valence-corrected chi connectivity index (χ3v) is 2.90. The van der Waals surface area contributed by atoms with Crippen LogP contribution in [-0.4, -0.2) is 13.0 Å². The van der Waals surface area contributed by atoms with Gasteiger partial charge in [-0.3, -0.25) is 4.79 Å². The van der Waals surface area contributed by atoms with Gasteiger partial charge in [0.2, 0.25) is 5.91 Å². The number of halogens is 1. The standard InChI is InChI=1S/C16H16FNO2/c1-20-15-4-2-3-13(9-15)11-18-16(19)10-12-5-7-14(17)8-6-12/h2-9H,10-11H2,1H3,(H,18,19). The molecule has 0 fully saturated rings. The third-order valence-electron chi connectivity index (χ3n) is 2.90. The maximum atomic E-state index is 12.8. The molecule has 2 aromatic rings. The molecule has 0 aliphatic heterocycles. The van der Waals surface area contributed by atoms with Crippen LogP contribution >= 0.6 is 0 Å². The first kappa shape index (κ1) is 14.1. The first-order valence-corrected chi connectivity index (χ1v) is 6.31. The van der Waals surface area contributed by atoms with Gasteiger partial charge in [0.15, 0.2) is 0 Å². The summed E-state index contributed by atoms with van der Waals surface area (Å²) in [7, 11) is 1.60. The molecule has 0 saturated carbocycles. The van der Waals surface area contributed by atoms with Crippen LogP contribution in [0.25, 0.3) is 0 Å². The van der Waals surface area contributed by atoms with Crippen molar-refractivity contribution < 1.29 is 13.9 Å². The Kier molecular flexibility index (Phi) is 4.71. The minimum atomic E-state index is -0.300. The number of benzene rings is 2. The van der Waals surface area contributed by atoms with Crippen LogP contribution < -0.4 is 10.1 Å². The molecular formula is C16H16FNO2. The predicted octanol–water partition coefficient (Wildman–Crippen LogP) is 2.69. The van der Waals surface area contributed by atoms with Crippen LogP contribution in [0.15, 0.2) is 48.5 Å². The molecule has 2 rings (SSSR count). The van der Waals surface area contributed by atoms with E-state index in [0.717, 1.165) is 16.9 Å². The van der Waals surface area contributed by atoms with Gasteiger partial charge in [0.25, 0.3) is 0 Å². The molecule has 0 aliphatic carbocycles. The Labute approximate surface area is 117 Å². The Bertz CT molecular complexity index is 581. The molecule has 0 spiro atoms. The number of rotatable bonds is 5. The zero-order valence-corrected chi connectivity index (χ0v) is 11.2. The van der Waals surface area contributed by atoms with Gasteiger partial charge in [-0.2, -0.15) is 0 Å². The number of amides is 1. The average Bonchev–Trinajstić information content (AvgIpc) is 2.48. The fourth-order valence-corrected chi connectivity index (χ4v) is 1.83. The second kappa shape index (κ2) is 6.70. The van der Waals surface area contributed by atoms with E-state index in [-0.39, 0.29) is 18.1 Å². The lowest BCUT2D eigenvalue weighted by Gasteiger charge is -2.07. The van der Waals surface area contributed by atoms with Crippen molar-refractivity contribution in [1.29, 1.82) is 0 Å². The van der Waals surface area contributed by atoms with E-state index in [1.807, 2.05) is 24.3 Å². The molecule has 1 amide bonds. The van der Waals surface area contributed by atoms with E-state index in [2.05, 4.69) is 5.32 Å². The quantitative estimate of drug-likeness (QED) is 0.909. The number of carbonyl (C=O) groups is 1. The molecule has 0 atom stereocenters. The normalized spacial score (nSPS) is 10.1. The number of nitrogens with one attached hydrogen (secondary N) is 1. The van der Waals surface area contributed by atoms with Crippen molar-refractivity contribution in [2.45, 2.75) is 13.0 Å². The summed E-state index contributed by atoms with van der Waals surface area (Å²) in [6.45, 7) is 0.442. The molecule has 0 unspecified atom stereocenters. The monoisotopic (exact) mass is 273 g/mol. The minimum absolute atomic E-state index is 0.0978. The zero-order chi connectivity index (χ0) is 14.4. The second-order valence-electron chi connectivity index (χ2n) is 4.43. The zero-order valence-electron chi connectivity index (χ0n) is 11.2. The van der Waals surface area contributed by atoms with E-state index in [0.29, 0.717) is 6.54 Å². The van der Waals surface area contributed by atoms with E-state index in [4.69, 9.17) is 4.74 Å². The second-order valence-corrected chi connectivity index (χ2v) is 4.43. The molecule has 1 N–H and O–H groups in total. The number of carbonyl (C=O) groups excluding carboxylic acids is 1. The highest BCUT2D eigenvalue weighted by molar-refractivity contribution is 5.78. The maximum Gasteiger partial charge on any atom is 0.224 e. The Balaban J connectivity index is 1.87. The Morgan fingerprint density at radius 1 is 1.15 bits per heavy atom. The van der Waals surface area contributed by atoms with Gasteiger partial charge in [-0.25, -0.2) is 4.39 Å².